The highest BCUT2D eigenvalue weighted by atomic mass is 32.1. The summed E-state index contributed by atoms with van der Waals surface area (Å²) >= 11 is 1.44. The van der Waals surface area contributed by atoms with Gasteiger partial charge >= 0.3 is 0 Å². The SMILES string of the molecule is CN(C)CC#Cc1cc(Oc2ccc3nc(N)sc3c2)ccn1. The van der Waals surface area contributed by atoms with E-state index in [4.69, 9.17) is 10.5 Å². The fourth-order valence-electron chi connectivity index (χ4n) is 1.95. The van der Waals surface area contributed by atoms with Gasteiger partial charge in [-0.1, -0.05) is 17.3 Å². The van der Waals surface area contributed by atoms with Crippen LogP contribution in [0.1, 0.15) is 5.69 Å². The van der Waals surface area contributed by atoms with E-state index in [9.17, 15) is 0 Å². The summed E-state index contributed by atoms with van der Waals surface area (Å²) in [5.74, 6) is 7.52. The van der Waals surface area contributed by atoms with Gasteiger partial charge in [-0.05, 0) is 38.2 Å². The first kappa shape index (κ1) is 15.3. The summed E-state index contributed by atoms with van der Waals surface area (Å²) in [5.41, 5.74) is 7.29. The second-order valence-corrected chi connectivity index (χ2v) is 6.26. The molecule has 1 aromatic carbocycles. The van der Waals surface area contributed by atoms with E-state index in [1.54, 1.807) is 6.20 Å². The Bertz CT molecular complexity index is 892. The number of rotatable bonds is 3. The Kier molecular flexibility index (Phi) is 4.42. The van der Waals surface area contributed by atoms with Crippen molar-refractivity contribution in [1.29, 1.82) is 0 Å². The summed E-state index contributed by atoms with van der Waals surface area (Å²) in [7, 11) is 3.95. The third kappa shape index (κ3) is 3.97. The average Bonchev–Trinajstić information content (AvgIpc) is 2.86. The molecule has 23 heavy (non-hydrogen) atoms. The number of hydrogen-bond donors (Lipinski definition) is 1. The van der Waals surface area contributed by atoms with Crippen molar-refractivity contribution >= 4 is 26.7 Å². The molecule has 0 aliphatic rings. The van der Waals surface area contributed by atoms with Gasteiger partial charge in [-0.25, -0.2) is 9.97 Å². The number of ether oxygens (including phenoxy) is 1. The van der Waals surface area contributed by atoms with Crippen molar-refractivity contribution in [3.8, 4) is 23.3 Å². The van der Waals surface area contributed by atoms with E-state index < -0.39 is 0 Å². The summed E-state index contributed by atoms with van der Waals surface area (Å²) in [6.45, 7) is 0.691. The number of nitrogen functional groups attached to an aromatic ring is 1. The Morgan fingerprint density at radius 1 is 1.22 bits per heavy atom. The molecule has 2 N–H and O–H groups in total. The van der Waals surface area contributed by atoms with Crippen LogP contribution in [0.2, 0.25) is 0 Å². The molecule has 0 saturated carbocycles. The van der Waals surface area contributed by atoms with Crippen molar-refractivity contribution in [3.05, 3.63) is 42.2 Å². The molecule has 0 aliphatic carbocycles. The van der Waals surface area contributed by atoms with Crippen molar-refractivity contribution in [1.82, 2.24) is 14.9 Å². The van der Waals surface area contributed by atoms with Gasteiger partial charge in [0.05, 0.1) is 16.8 Å². The number of nitrogens with two attached hydrogens (primary N) is 1. The van der Waals surface area contributed by atoms with Crippen LogP contribution in [0.25, 0.3) is 10.2 Å². The first-order valence-corrected chi connectivity index (χ1v) is 7.85. The Labute approximate surface area is 138 Å². The molecule has 116 valence electrons. The first-order valence-electron chi connectivity index (χ1n) is 7.04. The van der Waals surface area contributed by atoms with Crippen LogP contribution in [0, 0.1) is 11.8 Å². The highest BCUT2D eigenvalue weighted by Gasteiger charge is 2.04. The molecular weight excluding hydrogens is 308 g/mol. The number of pyridine rings is 1. The van der Waals surface area contributed by atoms with Crippen molar-refractivity contribution < 1.29 is 4.74 Å². The summed E-state index contributed by atoms with van der Waals surface area (Å²) in [6.07, 6.45) is 1.69. The standard InChI is InChI=1S/C17H16N4OS/c1-21(2)9-3-4-12-10-14(7-8-19-12)22-13-5-6-15-16(11-13)23-17(18)20-15/h5-8,10-11H,9H2,1-2H3,(H2,18,20). The number of aromatic nitrogens is 2. The Morgan fingerprint density at radius 3 is 2.87 bits per heavy atom. The topological polar surface area (TPSA) is 64.3 Å². The van der Waals surface area contributed by atoms with Crippen molar-refractivity contribution in [2.24, 2.45) is 0 Å². The molecule has 0 spiro atoms. The van der Waals surface area contributed by atoms with Crippen molar-refractivity contribution in [2.75, 3.05) is 26.4 Å². The maximum absolute atomic E-state index is 5.88. The Morgan fingerprint density at radius 2 is 2.04 bits per heavy atom. The van der Waals surface area contributed by atoms with Crippen LogP contribution in [0.5, 0.6) is 11.5 Å². The zero-order valence-corrected chi connectivity index (χ0v) is 13.7. The van der Waals surface area contributed by atoms with Crippen LogP contribution in [0.4, 0.5) is 5.13 Å². The van der Waals surface area contributed by atoms with Gasteiger partial charge in [0.1, 0.15) is 17.2 Å². The molecule has 2 heterocycles. The molecule has 0 bridgehead atoms. The van der Waals surface area contributed by atoms with E-state index in [1.165, 1.54) is 11.3 Å². The van der Waals surface area contributed by atoms with Gasteiger partial charge < -0.3 is 10.5 Å². The maximum Gasteiger partial charge on any atom is 0.181 e. The number of hydrogen-bond acceptors (Lipinski definition) is 6. The van der Waals surface area contributed by atoms with Gasteiger partial charge in [-0.15, -0.1) is 0 Å². The molecule has 0 atom stereocenters. The lowest BCUT2D eigenvalue weighted by Gasteiger charge is -2.05. The summed E-state index contributed by atoms with van der Waals surface area (Å²) < 4.78 is 6.88. The molecule has 0 radical (unpaired) electrons. The number of nitrogens with zero attached hydrogens (tertiary/aromatic N) is 3. The lowest BCUT2D eigenvalue weighted by Crippen LogP contribution is -2.10. The van der Waals surface area contributed by atoms with E-state index >= 15 is 0 Å². The van der Waals surface area contributed by atoms with E-state index in [2.05, 4.69) is 21.8 Å². The summed E-state index contributed by atoms with van der Waals surface area (Å²) in [5, 5.41) is 0.555. The van der Waals surface area contributed by atoms with Crippen molar-refractivity contribution in [3.63, 3.8) is 0 Å². The van der Waals surface area contributed by atoms with Gasteiger partial charge in [0, 0.05) is 18.3 Å². The van der Waals surface area contributed by atoms with Gasteiger partial charge in [0.2, 0.25) is 0 Å². The minimum atomic E-state index is 0.555. The molecule has 2 aromatic heterocycles. The second kappa shape index (κ2) is 6.65. The highest BCUT2D eigenvalue weighted by Crippen LogP contribution is 2.29. The zero-order valence-electron chi connectivity index (χ0n) is 12.9. The summed E-state index contributed by atoms with van der Waals surface area (Å²) in [4.78, 5) is 10.5. The molecule has 0 saturated heterocycles. The summed E-state index contributed by atoms with van der Waals surface area (Å²) in [6, 6.07) is 9.34. The van der Waals surface area contributed by atoms with Crippen molar-refractivity contribution in [2.45, 2.75) is 0 Å². The predicted octanol–water partition coefficient (Wildman–Crippen LogP) is 2.98. The van der Waals surface area contributed by atoms with Crippen LogP contribution in [-0.2, 0) is 0 Å². The molecule has 0 fully saturated rings. The normalized spacial score (nSPS) is 10.6. The maximum atomic E-state index is 5.88. The average molecular weight is 324 g/mol. The molecule has 0 aliphatic heterocycles. The number of anilines is 1. The van der Waals surface area contributed by atoms with Crippen LogP contribution in [-0.4, -0.2) is 35.5 Å². The van der Waals surface area contributed by atoms with Gasteiger partial charge in [0.25, 0.3) is 0 Å². The van der Waals surface area contributed by atoms with E-state index in [0.717, 1.165) is 16.0 Å². The quantitative estimate of drug-likeness (QED) is 0.750. The fourth-order valence-corrected chi connectivity index (χ4v) is 2.72. The first-order chi connectivity index (χ1) is 11.1. The van der Waals surface area contributed by atoms with Crippen LogP contribution < -0.4 is 10.5 Å². The van der Waals surface area contributed by atoms with Gasteiger partial charge in [-0.3, -0.25) is 4.90 Å². The lowest BCUT2D eigenvalue weighted by atomic mass is 10.3. The van der Waals surface area contributed by atoms with E-state index in [0.29, 0.717) is 23.1 Å². The fraction of sp³-hybridized carbons (Fsp3) is 0.176. The third-order valence-corrected chi connectivity index (χ3v) is 3.80. The van der Waals surface area contributed by atoms with Crippen LogP contribution in [0.3, 0.4) is 0 Å². The van der Waals surface area contributed by atoms with Gasteiger partial charge in [-0.2, -0.15) is 0 Å². The molecular formula is C17H16N4OS. The Hall–Kier alpha value is -2.62. The largest absolute Gasteiger partial charge is 0.457 e. The molecule has 5 nitrogen and oxygen atoms in total. The van der Waals surface area contributed by atoms with E-state index in [-0.39, 0.29) is 0 Å². The number of fused-ring (bicyclic) bond motifs is 1. The minimum absolute atomic E-state index is 0.555. The predicted molar refractivity (Wildman–Crippen MR) is 93.8 cm³/mol. The monoisotopic (exact) mass is 324 g/mol. The van der Waals surface area contributed by atoms with E-state index in [1.807, 2.05) is 49.3 Å². The lowest BCUT2D eigenvalue weighted by molar-refractivity contribution is 0.464. The molecule has 6 heteroatoms. The van der Waals surface area contributed by atoms with Gasteiger partial charge in [0.15, 0.2) is 5.13 Å². The second-order valence-electron chi connectivity index (χ2n) is 5.20. The zero-order chi connectivity index (χ0) is 16.2. The minimum Gasteiger partial charge on any atom is -0.457 e. The number of thiazole rings is 1. The molecule has 3 aromatic rings. The third-order valence-electron chi connectivity index (χ3n) is 2.96. The Balaban J connectivity index is 1.79. The van der Waals surface area contributed by atoms with Crippen LogP contribution >= 0.6 is 11.3 Å². The molecule has 0 unspecified atom stereocenters. The molecule has 3 rings (SSSR count). The molecule has 0 amide bonds. The highest BCUT2D eigenvalue weighted by molar-refractivity contribution is 7.22. The smallest absolute Gasteiger partial charge is 0.181 e. The van der Waals surface area contributed by atoms with Crippen LogP contribution in [0.15, 0.2) is 36.5 Å². The number of benzene rings is 1.